The van der Waals surface area contributed by atoms with Gasteiger partial charge in [0.05, 0.1) is 6.54 Å². The molecular formula is C10H16FNO3. The number of nitrogens with zero attached hydrogens (tertiary/aromatic N) is 1. The van der Waals surface area contributed by atoms with Gasteiger partial charge in [0.25, 0.3) is 0 Å². The first-order chi connectivity index (χ1) is 6.73. The summed E-state index contributed by atoms with van der Waals surface area (Å²) in [4.78, 5) is 23.8. The van der Waals surface area contributed by atoms with Crippen LogP contribution in [0.25, 0.3) is 0 Å². The minimum absolute atomic E-state index is 0.100. The van der Waals surface area contributed by atoms with E-state index < -0.39 is 23.6 Å². The van der Waals surface area contributed by atoms with Crippen molar-refractivity contribution in [2.75, 3.05) is 6.54 Å². The predicted molar refractivity (Wildman–Crippen MR) is 52.1 cm³/mol. The first-order valence-electron chi connectivity index (χ1n) is 4.91. The second-order valence-corrected chi connectivity index (χ2v) is 4.89. The van der Waals surface area contributed by atoms with Crippen LogP contribution in [-0.4, -0.2) is 40.6 Å². The average molecular weight is 217 g/mol. The second kappa shape index (κ2) is 3.79. The summed E-state index contributed by atoms with van der Waals surface area (Å²) < 4.78 is 13.1. The number of amides is 1. The molecule has 0 saturated carbocycles. The maximum Gasteiger partial charge on any atom is 0.326 e. The maximum absolute atomic E-state index is 13.1. The van der Waals surface area contributed by atoms with Crippen LogP contribution in [0.5, 0.6) is 0 Å². The Balaban J connectivity index is 2.85. The Morgan fingerprint density at radius 2 is 1.93 bits per heavy atom. The minimum atomic E-state index is -1.22. The molecule has 1 aliphatic heterocycles. The molecule has 0 aromatic carbocycles. The van der Waals surface area contributed by atoms with E-state index in [9.17, 15) is 14.0 Å². The quantitative estimate of drug-likeness (QED) is 0.714. The van der Waals surface area contributed by atoms with Crippen LogP contribution in [0.15, 0.2) is 0 Å². The topological polar surface area (TPSA) is 57.6 Å². The van der Waals surface area contributed by atoms with E-state index in [0.29, 0.717) is 0 Å². The Morgan fingerprint density at radius 1 is 1.40 bits per heavy atom. The number of hydrogen-bond donors (Lipinski definition) is 1. The lowest BCUT2D eigenvalue weighted by molar-refractivity contribution is -0.151. The summed E-state index contributed by atoms with van der Waals surface area (Å²) in [6.45, 7) is 4.98. The molecule has 0 aliphatic carbocycles. The number of carbonyl (C=O) groups is 2. The van der Waals surface area contributed by atoms with Crippen LogP contribution in [0, 0.1) is 5.41 Å². The number of halogens is 1. The van der Waals surface area contributed by atoms with Crippen molar-refractivity contribution in [3.8, 4) is 0 Å². The molecule has 0 bridgehead atoms. The van der Waals surface area contributed by atoms with E-state index in [2.05, 4.69) is 0 Å². The summed E-state index contributed by atoms with van der Waals surface area (Å²) in [6.07, 6.45) is -1.32. The van der Waals surface area contributed by atoms with Gasteiger partial charge in [0.2, 0.25) is 5.91 Å². The van der Waals surface area contributed by atoms with Crippen LogP contribution < -0.4 is 0 Å². The van der Waals surface area contributed by atoms with Crippen molar-refractivity contribution in [2.24, 2.45) is 5.41 Å². The van der Waals surface area contributed by atoms with Crippen LogP contribution in [-0.2, 0) is 9.59 Å². The Labute approximate surface area is 88.1 Å². The third-order valence-electron chi connectivity index (χ3n) is 2.44. The Bertz CT molecular complexity index is 285. The Hall–Kier alpha value is -1.13. The van der Waals surface area contributed by atoms with Gasteiger partial charge < -0.3 is 10.0 Å². The van der Waals surface area contributed by atoms with E-state index in [4.69, 9.17) is 5.11 Å². The highest BCUT2D eigenvalue weighted by Gasteiger charge is 2.42. The van der Waals surface area contributed by atoms with Crippen molar-refractivity contribution in [1.82, 2.24) is 4.90 Å². The molecule has 0 radical (unpaired) electrons. The monoisotopic (exact) mass is 217 g/mol. The van der Waals surface area contributed by atoms with Crippen LogP contribution in [0.3, 0.4) is 0 Å². The van der Waals surface area contributed by atoms with Gasteiger partial charge in [-0.3, -0.25) is 4.79 Å². The zero-order valence-electron chi connectivity index (χ0n) is 9.16. The van der Waals surface area contributed by atoms with Gasteiger partial charge in [-0.1, -0.05) is 20.8 Å². The molecule has 4 nitrogen and oxygen atoms in total. The van der Waals surface area contributed by atoms with Crippen LogP contribution >= 0.6 is 0 Å². The normalized spacial score (nSPS) is 26.8. The van der Waals surface area contributed by atoms with Crippen molar-refractivity contribution in [1.29, 1.82) is 0 Å². The third kappa shape index (κ3) is 2.46. The standard InChI is InChI=1S/C10H16FNO3/c1-10(2,3)9(15)12-5-6(11)4-7(12)8(13)14/h6-7H,4-5H2,1-3H3,(H,13,14)/t6-,7+/m1/s1. The molecule has 0 aromatic rings. The van der Waals surface area contributed by atoms with Crippen molar-refractivity contribution >= 4 is 11.9 Å². The van der Waals surface area contributed by atoms with Crippen molar-refractivity contribution in [3.05, 3.63) is 0 Å². The largest absolute Gasteiger partial charge is 0.480 e. The third-order valence-corrected chi connectivity index (χ3v) is 2.44. The van der Waals surface area contributed by atoms with E-state index >= 15 is 0 Å². The SMILES string of the molecule is CC(C)(C)C(=O)N1C[C@H](F)C[C@H]1C(=O)O. The van der Waals surface area contributed by atoms with Crippen molar-refractivity contribution in [3.63, 3.8) is 0 Å². The molecule has 0 aromatic heterocycles. The number of hydrogen-bond acceptors (Lipinski definition) is 2. The molecule has 1 aliphatic rings. The van der Waals surface area contributed by atoms with E-state index in [-0.39, 0.29) is 18.9 Å². The summed E-state index contributed by atoms with van der Waals surface area (Å²) in [7, 11) is 0. The van der Waals surface area contributed by atoms with Crippen molar-refractivity contribution in [2.45, 2.75) is 39.4 Å². The fraction of sp³-hybridized carbons (Fsp3) is 0.800. The van der Waals surface area contributed by atoms with Gasteiger partial charge >= 0.3 is 5.97 Å². The van der Waals surface area contributed by atoms with Crippen molar-refractivity contribution < 1.29 is 19.1 Å². The molecular weight excluding hydrogens is 201 g/mol. The zero-order chi connectivity index (χ0) is 11.8. The number of likely N-dealkylation sites (tertiary alicyclic amines) is 1. The van der Waals surface area contributed by atoms with E-state index in [1.54, 1.807) is 20.8 Å². The lowest BCUT2D eigenvalue weighted by Crippen LogP contribution is -2.45. The highest BCUT2D eigenvalue weighted by atomic mass is 19.1. The van der Waals surface area contributed by atoms with Gasteiger partial charge in [-0.15, -0.1) is 0 Å². The highest BCUT2D eigenvalue weighted by Crippen LogP contribution is 2.26. The molecule has 1 amide bonds. The number of carboxylic acids is 1. The van der Waals surface area contributed by atoms with Gasteiger partial charge in [-0.2, -0.15) is 0 Å². The van der Waals surface area contributed by atoms with Gasteiger partial charge in [0, 0.05) is 11.8 Å². The summed E-state index contributed by atoms with van der Waals surface area (Å²) in [5, 5.41) is 8.86. The average Bonchev–Trinajstić information content (AvgIpc) is 2.44. The number of carbonyl (C=O) groups excluding carboxylic acids is 1. The van der Waals surface area contributed by atoms with E-state index in [1.165, 1.54) is 0 Å². The van der Waals surface area contributed by atoms with Gasteiger partial charge in [-0.25, -0.2) is 9.18 Å². The lowest BCUT2D eigenvalue weighted by atomic mass is 9.94. The van der Waals surface area contributed by atoms with Crippen LogP contribution in [0.2, 0.25) is 0 Å². The Kier molecular flexibility index (Phi) is 3.02. The lowest BCUT2D eigenvalue weighted by Gasteiger charge is -2.28. The van der Waals surface area contributed by atoms with E-state index in [0.717, 1.165) is 4.90 Å². The molecule has 5 heteroatoms. The maximum atomic E-state index is 13.1. The molecule has 2 atom stereocenters. The summed E-state index contributed by atoms with van der Waals surface area (Å²) in [6, 6.07) is -1.01. The number of rotatable bonds is 1. The summed E-state index contributed by atoms with van der Waals surface area (Å²) >= 11 is 0. The van der Waals surface area contributed by atoms with Gasteiger partial charge in [0.15, 0.2) is 0 Å². The molecule has 1 N–H and O–H groups in total. The molecule has 1 rings (SSSR count). The number of aliphatic carboxylic acids is 1. The molecule has 0 spiro atoms. The molecule has 1 heterocycles. The predicted octanol–water partition coefficient (Wildman–Crippen LogP) is 1.06. The second-order valence-electron chi connectivity index (χ2n) is 4.89. The van der Waals surface area contributed by atoms with Gasteiger partial charge in [0.1, 0.15) is 12.2 Å². The first kappa shape index (κ1) is 11.9. The molecule has 0 unspecified atom stereocenters. The summed E-state index contributed by atoms with van der Waals surface area (Å²) in [5.74, 6) is -1.44. The van der Waals surface area contributed by atoms with E-state index in [1.807, 2.05) is 0 Å². The molecule has 86 valence electrons. The molecule has 1 saturated heterocycles. The number of carboxylic acid groups (broad SMARTS) is 1. The van der Waals surface area contributed by atoms with Crippen LogP contribution in [0.1, 0.15) is 27.2 Å². The number of alkyl halides is 1. The molecule has 15 heavy (non-hydrogen) atoms. The fourth-order valence-electron chi connectivity index (χ4n) is 1.67. The van der Waals surface area contributed by atoms with Gasteiger partial charge in [-0.05, 0) is 0 Å². The van der Waals surface area contributed by atoms with Crippen LogP contribution in [0.4, 0.5) is 4.39 Å². The Morgan fingerprint density at radius 3 is 2.33 bits per heavy atom. The molecule has 1 fully saturated rings. The smallest absolute Gasteiger partial charge is 0.326 e. The zero-order valence-corrected chi connectivity index (χ0v) is 9.16. The highest BCUT2D eigenvalue weighted by molar-refractivity contribution is 5.87. The fourth-order valence-corrected chi connectivity index (χ4v) is 1.67. The minimum Gasteiger partial charge on any atom is -0.480 e. The summed E-state index contributed by atoms with van der Waals surface area (Å²) in [5.41, 5.74) is -0.669. The first-order valence-corrected chi connectivity index (χ1v) is 4.91.